The second kappa shape index (κ2) is 7.17. The van der Waals surface area contributed by atoms with Gasteiger partial charge in [0.2, 0.25) is 0 Å². The minimum Gasteiger partial charge on any atom is -0.497 e. The van der Waals surface area contributed by atoms with Crippen molar-refractivity contribution in [2.75, 3.05) is 12.4 Å². The van der Waals surface area contributed by atoms with E-state index >= 15 is 0 Å². The van der Waals surface area contributed by atoms with Crippen LogP contribution in [0.4, 0.5) is 10.2 Å². The van der Waals surface area contributed by atoms with Crippen LogP contribution in [0.3, 0.4) is 0 Å². The Kier molecular flexibility index (Phi) is 4.79. The van der Waals surface area contributed by atoms with Crippen molar-refractivity contribution in [3.8, 4) is 11.4 Å². The molecule has 128 valence electrons. The van der Waals surface area contributed by atoms with E-state index in [-0.39, 0.29) is 5.56 Å². The van der Waals surface area contributed by atoms with Gasteiger partial charge in [-0.05, 0) is 48.9 Å². The van der Waals surface area contributed by atoms with Gasteiger partial charge in [-0.1, -0.05) is 13.0 Å². The van der Waals surface area contributed by atoms with Crippen molar-refractivity contribution in [1.82, 2.24) is 9.78 Å². The number of methoxy groups -OCH3 is 1. The topological polar surface area (TPSA) is 56.2 Å². The van der Waals surface area contributed by atoms with Crippen LogP contribution in [0.2, 0.25) is 0 Å². The molecule has 1 heterocycles. The smallest absolute Gasteiger partial charge is 0.256 e. The Bertz CT molecular complexity index is 888. The number of anilines is 1. The maximum Gasteiger partial charge on any atom is 0.256 e. The van der Waals surface area contributed by atoms with Crippen molar-refractivity contribution >= 4 is 11.7 Å². The van der Waals surface area contributed by atoms with Crippen LogP contribution < -0.4 is 10.1 Å². The van der Waals surface area contributed by atoms with Gasteiger partial charge in [0.25, 0.3) is 5.91 Å². The van der Waals surface area contributed by atoms with Gasteiger partial charge in [0, 0.05) is 17.3 Å². The standard InChI is InChI=1S/C19H18FN3O2/c1-3-15-12-18(21-19(24)13-5-4-6-14(20)11-13)22-23(15)16-7-9-17(25-2)10-8-16/h4-12H,3H2,1-2H3,(H,21,22,24). The average molecular weight is 339 g/mol. The number of ether oxygens (including phenoxy) is 1. The molecule has 3 aromatic rings. The molecular formula is C19H18FN3O2. The zero-order valence-electron chi connectivity index (χ0n) is 14.0. The second-order valence-electron chi connectivity index (χ2n) is 5.45. The summed E-state index contributed by atoms with van der Waals surface area (Å²) in [5.41, 5.74) is 2.06. The number of amides is 1. The first-order chi connectivity index (χ1) is 12.1. The summed E-state index contributed by atoms with van der Waals surface area (Å²) in [7, 11) is 1.61. The molecular weight excluding hydrogens is 321 g/mol. The third-order valence-electron chi connectivity index (χ3n) is 3.79. The highest BCUT2D eigenvalue weighted by molar-refractivity contribution is 6.03. The van der Waals surface area contributed by atoms with Crippen LogP contribution >= 0.6 is 0 Å². The number of rotatable bonds is 5. The molecule has 25 heavy (non-hydrogen) atoms. The van der Waals surface area contributed by atoms with E-state index in [4.69, 9.17) is 4.74 Å². The van der Waals surface area contributed by atoms with Gasteiger partial charge in [0.15, 0.2) is 5.82 Å². The summed E-state index contributed by atoms with van der Waals surface area (Å²) in [6.45, 7) is 2.01. The summed E-state index contributed by atoms with van der Waals surface area (Å²) in [5, 5.41) is 7.16. The lowest BCUT2D eigenvalue weighted by Crippen LogP contribution is -2.12. The summed E-state index contributed by atoms with van der Waals surface area (Å²) in [4.78, 5) is 12.3. The van der Waals surface area contributed by atoms with Gasteiger partial charge in [-0.2, -0.15) is 0 Å². The van der Waals surface area contributed by atoms with E-state index in [0.717, 1.165) is 23.6 Å². The Morgan fingerprint density at radius 2 is 1.96 bits per heavy atom. The first-order valence-corrected chi connectivity index (χ1v) is 7.91. The van der Waals surface area contributed by atoms with E-state index in [1.165, 1.54) is 18.2 Å². The molecule has 1 aromatic heterocycles. The summed E-state index contributed by atoms with van der Waals surface area (Å²) in [6.07, 6.45) is 0.745. The first-order valence-electron chi connectivity index (χ1n) is 7.91. The molecule has 0 radical (unpaired) electrons. The largest absolute Gasteiger partial charge is 0.497 e. The number of hydrogen-bond acceptors (Lipinski definition) is 3. The van der Waals surface area contributed by atoms with Crippen LogP contribution in [0.1, 0.15) is 23.0 Å². The number of aromatic nitrogens is 2. The average Bonchev–Trinajstić information content (AvgIpc) is 3.04. The summed E-state index contributed by atoms with van der Waals surface area (Å²) in [5.74, 6) is 0.322. The molecule has 0 atom stereocenters. The number of aryl methyl sites for hydroxylation is 1. The van der Waals surface area contributed by atoms with Gasteiger partial charge < -0.3 is 10.1 Å². The highest BCUT2D eigenvalue weighted by atomic mass is 19.1. The van der Waals surface area contributed by atoms with Gasteiger partial charge in [0.1, 0.15) is 11.6 Å². The van der Waals surface area contributed by atoms with E-state index in [1.807, 2.05) is 31.2 Å². The predicted molar refractivity (Wildman–Crippen MR) is 93.8 cm³/mol. The quantitative estimate of drug-likeness (QED) is 0.768. The Morgan fingerprint density at radius 3 is 2.60 bits per heavy atom. The number of halogens is 1. The number of benzene rings is 2. The van der Waals surface area contributed by atoms with Crippen molar-refractivity contribution in [2.45, 2.75) is 13.3 Å². The van der Waals surface area contributed by atoms with Gasteiger partial charge in [-0.15, -0.1) is 5.10 Å². The Balaban J connectivity index is 1.86. The zero-order valence-corrected chi connectivity index (χ0v) is 14.0. The molecule has 0 unspecified atom stereocenters. The molecule has 0 aliphatic heterocycles. The molecule has 0 saturated heterocycles. The molecule has 0 bridgehead atoms. The summed E-state index contributed by atoms with van der Waals surface area (Å²) < 4.78 is 20.2. The predicted octanol–water partition coefficient (Wildman–Crippen LogP) is 3.83. The minimum absolute atomic E-state index is 0.247. The summed E-state index contributed by atoms with van der Waals surface area (Å²) >= 11 is 0. The highest BCUT2D eigenvalue weighted by Crippen LogP contribution is 2.20. The number of carbonyl (C=O) groups excluding carboxylic acids is 1. The fourth-order valence-electron chi connectivity index (χ4n) is 2.50. The van der Waals surface area contributed by atoms with E-state index in [9.17, 15) is 9.18 Å². The van der Waals surface area contributed by atoms with Gasteiger partial charge in [-0.25, -0.2) is 9.07 Å². The maximum atomic E-state index is 13.3. The molecule has 5 nitrogen and oxygen atoms in total. The Labute approximate surface area is 145 Å². The lowest BCUT2D eigenvalue weighted by molar-refractivity contribution is 0.102. The minimum atomic E-state index is -0.453. The highest BCUT2D eigenvalue weighted by Gasteiger charge is 2.12. The van der Waals surface area contributed by atoms with Crippen molar-refractivity contribution in [3.05, 3.63) is 71.7 Å². The van der Waals surface area contributed by atoms with Gasteiger partial charge >= 0.3 is 0 Å². The van der Waals surface area contributed by atoms with Crippen LogP contribution in [-0.4, -0.2) is 22.8 Å². The molecule has 6 heteroatoms. The lowest BCUT2D eigenvalue weighted by atomic mass is 10.2. The van der Waals surface area contributed by atoms with Crippen LogP contribution in [0, 0.1) is 5.82 Å². The molecule has 1 N–H and O–H groups in total. The fourth-order valence-corrected chi connectivity index (χ4v) is 2.50. The van der Waals surface area contributed by atoms with E-state index in [0.29, 0.717) is 5.82 Å². The zero-order chi connectivity index (χ0) is 17.8. The number of nitrogens with one attached hydrogen (secondary N) is 1. The molecule has 3 rings (SSSR count). The molecule has 2 aromatic carbocycles. The van der Waals surface area contributed by atoms with E-state index in [2.05, 4.69) is 10.4 Å². The lowest BCUT2D eigenvalue weighted by Gasteiger charge is -2.06. The molecule has 0 saturated carbocycles. The monoisotopic (exact) mass is 339 g/mol. The Hall–Kier alpha value is -3.15. The van der Waals surface area contributed by atoms with Crippen LogP contribution in [0.15, 0.2) is 54.6 Å². The fraction of sp³-hybridized carbons (Fsp3) is 0.158. The normalized spacial score (nSPS) is 10.5. The molecule has 0 spiro atoms. The van der Waals surface area contributed by atoms with Gasteiger partial charge in [0.05, 0.1) is 12.8 Å². The second-order valence-corrected chi connectivity index (χ2v) is 5.45. The molecule has 0 aliphatic carbocycles. The Morgan fingerprint density at radius 1 is 1.20 bits per heavy atom. The number of carbonyl (C=O) groups is 1. The SMILES string of the molecule is CCc1cc(NC(=O)c2cccc(F)c2)nn1-c1ccc(OC)cc1. The van der Waals surface area contributed by atoms with Crippen LogP contribution in [-0.2, 0) is 6.42 Å². The third kappa shape index (κ3) is 3.68. The summed E-state index contributed by atoms with van der Waals surface area (Å²) in [6, 6.07) is 14.8. The van der Waals surface area contributed by atoms with Crippen LogP contribution in [0.5, 0.6) is 5.75 Å². The maximum absolute atomic E-state index is 13.3. The van der Waals surface area contributed by atoms with Crippen molar-refractivity contribution in [1.29, 1.82) is 0 Å². The van der Waals surface area contributed by atoms with Crippen LogP contribution in [0.25, 0.3) is 5.69 Å². The molecule has 1 amide bonds. The number of hydrogen-bond donors (Lipinski definition) is 1. The van der Waals surface area contributed by atoms with Crippen molar-refractivity contribution in [2.24, 2.45) is 0 Å². The van der Waals surface area contributed by atoms with Crippen molar-refractivity contribution < 1.29 is 13.9 Å². The van der Waals surface area contributed by atoms with E-state index in [1.54, 1.807) is 23.9 Å². The third-order valence-corrected chi connectivity index (χ3v) is 3.79. The molecule has 0 fully saturated rings. The van der Waals surface area contributed by atoms with Crippen molar-refractivity contribution in [3.63, 3.8) is 0 Å². The molecule has 0 aliphatic rings. The number of nitrogens with zero attached hydrogens (tertiary/aromatic N) is 2. The first kappa shape index (κ1) is 16.7. The van der Waals surface area contributed by atoms with Gasteiger partial charge in [-0.3, -0.25) is 4.79 Å². The van der Waals surface area contributed by atoms with E-state index < -0.39 is 11.7 Å².